The first-order chi connectivity index (χ1) is 31.1. The molecule has 1 nitrogen and oxygen atoms in total. The van der Waals surface area contributed by atoms with Gasteiger partial charge < -0.3 is 4.90 Å². The summed E-state index contributed by atoms with van der Waals surface area (Å²) in [4.78, 5) is 2.44. The molecule has 0 N–H and O–H groups in total. The molecule has 1 unspecified atom stereocenters. The van der Waals surface area contributed by atoms with Crippen LogP contribution in [0, 0.1) is 0 Å². The first-order valence-corrected chi connectivity index (χ1v) is 21.9. The van der Waals surface area contributed by atoms with Gasteiger partial charge in [-0.25, -0.2) is 0 Å². The molecular formula is C62H43N. The maximum absolute atomic E-state index is 2.44. The van der Waals surface area contributed by atoms with Gasteiger partial charge in [0.1, 0.15) is 0 Å². The maximum atomic E-state index is 2.44. The average Bonchev–Trinajstić information content (AvgIpc) is 3.63. The van der Waals surface area contributed by atoms with Crippen molar-refractivity contribution in [3.8, 4) is 44.5 Å². The fourth-order valence-corrected chi connectivity index (χ4v) is 10.4. The lowest BCUT2D eigenvalue weighted by atomic mass is 9.73. The van der Waals surface area contributed by atoms with Crippen LogP contribution in [0.4, 0.5) is 17.1 Å². The smallest absolute Gasteiger partial charge is 0.0540 e. The third-order valence-electron chi connectivity index (χ3n) is 13.6. The van der Waals surface area contributed by atoms with E-state index in [4.69, 9.17) is 0 Å². The van der Waals surface area contributed by atoms with Gasteiger partial charge in [-0.1, -0.05) is 206 Å². The molecule has 1 heteroatoms. The highest BCUT2D eigenvalue weighted by Gasteiger charge is 2.42. The summed E-state index contributed by atoms with van der Waals surface area (Å²) in [6.45, 7) is 2.42. The minimum atomic E-state index is -0.338. The van der Waals surface area contributed by atoms with Crippen LogP contribution < -0.4 is 4.90 Å². The zero-order chi connectivity index (χ0) is 41.9. The Bertz CT molecular complexity index is 3390. The van der Waals surface area contributed by atoms with E-state index >= 15 is 0 Å². The van der Waals surface area contributed by atoms with Gasteiger partial charge in [-0.05, 0) is 131 Å². The molecule has 0 saturated carbocycles. The quantitative estimate of drug-likeness (QED) is 0.155. The van der Waals surface area contributed by atoms with Crippen molar-refractivity contribution < 1.29 is 0 Å². The first kappa shape index (κ1) is 36.8. The number of nitrogens with zero attached hydrogens (tertiary/aromatic N) is 1. The molecule has 0 amide bonds. The standard InChI is InChI=1S/C62H43N/c1-62(48-36-31-42-15-2-3-18-47(42)41-48)58-28-10-8-24-57(58)61-56(27-14-29-59(61)62)55-23-9-11-30-60(55)63(49-37-32-45(33-38-49)53-25-12-19-43-16-4-6-21-51(43)53)50-39-34-46(35-40-50)54-26-13-20-44-17-5-7-22-52(44)54/h2-41H,1H3. The van der Waals surface area contributed by atoms with Crippen LogP contribution in [0.25, 0.3) is 76.8 Å². The lowest BCUT2D eigenvalue weighted by molar-refractivity contribution is 0.715. The van der Waals surface area contributed by atoms with Crippen molar-refractivity contribution in [2.45, 2.75) is 12.3 Å². The Balaban J connectivity index is 1.04. The summed E-state index contributed by atoms with van der Waals surface area (Å²) < 4.78 is 0. The fraction of sp³-hybridized carbons (Fsp3) is 0.0323. The van der Waals surface area contributed by atoms with Crippen LogP contribution in [0.1, 0.15) is 23.6 Å². The molecule has 63 heavy (non-hydrogen) atoms. The highest BCUT2D eigenvalue weighted by Crippen LogP contribution is 2.56. The third-order valence-corrected chi connectivity index (χ3v) is 13.6. The van der Waals surface area contributed by atoms with Crippen LogP contribution in [-0.4, -0.2) is 0 Å². The topological polar surface area (TPSA) is 3.24 Å². The summed E-state index contributed by atoms with van der Waals surface area (Å²) in [5, 5.41) is 7.52. The van der Waals surface area contributed by atoms with Crippen molar-refractivity contribution in [2.24, 2.45) is 0 Å². The van der Waals surface area contributed by atoms with E-state index in [2.05, 4.69) is 254 Å². The fourth-order valence-electron chi connectivity index (χ4n) is 10.4. The molecule has 1 aliphatic carbocycles. The van der Waals surface area contributed by atoms with E-state index in [1.54, 1.807) is 0 Å². The van der Waals surface area contributed by atoms with Crippen molar-refractivity contribution in [1.82, 2.24) is 0 Å². The van der Waals surface area contributed by atoms with Gasteiger partial charge in [0.2, 0.25) is 0 Å². The maximum Gasteiger partial charge on any atom is 0.0540 e. The number of benzene rings is 11. The lowest BCUT2D eigenvalue weighted by Crippen LogP contribution is -2.22. The van der Waals surface area contributed by atoms with Gasteiger partial charge in [0.15, 0.2) is 0 Å². The Morgan fingerprint density at radius 2 is 0.778 bits per heavy atom. The predicted molar refractivity (Wildman–Crippen MR) is 267 cm³/mol. The van der Waals surface area contributed by atoms with Gasteiger partial charge in [-0.15, -0.1) is 0 Å². The molecule has 11 aromatic carbocycles. The summed E-state index contributed by atoms with van der Waals surface area (Å²) in [5.74, 6) is 0. The van der Waals surface area contributed by atoms with Gasteiger partial charge in [0.25, 0.3) is 0 Å². The molecule has 0 saturated heterocycles. The van der Waals surface area contributed by atoms with Crippen LogP contribution >= 0.6 is 0 Å². The highest BCUT2D eigenvalue weighted by molar-refractivity contribution is 6.01. The van der Waals surface area contributed by atoms with E-state index in [1.165, 1.54) is 93.5 Å². The molecule has 0 heterocycles. The summed E-state index contributed by atoms with van der Waals surface area (Å²) in [6, 6.07) is 89.4. The minimum Gasteiger partial charge on any atom is -0.310 e. The Hall–Kier alpha value is -8.00. The van der Waals surface area contributed by atoms with Gasteiger partial charge in [0.05, 0.1) is 5.69 Å². The van der Waals surface area contributed by atoms with Crippen molar-refractivity contribution >= 4 is 49.4 Å². The van der Waals surface area contributed by atoms with Crippen LogP contribution in [0.15, 0.2) is 243 Å². The van der Waals surface area contributed by atoms with Gasteiger partial charge in [-0.2, -0.15) is 0 Å². The van der Waals surface area contributed by atoms with Gasteiger partial charge >= 0.3 is 0 Å². The van der Waals surface area contributed by atoms with Gasteiger partial charge in [-0.3, -0.25) is 0 Å². The van der Waals surface area contributed by atoms with E-state index in [0.29, 0.717) is 0 Å². The SMILES string of the molecule is CC1(c2ccc3ccccc3c2)c2ccccc2-c2c(-c3ccccc3N(c3ccc(-c4cccc5ccccc45)cc3)c3ccc(-c4cccc5ccccc45)cc3)cccc21. The molecule has 1 aliphatic rings. The monoisotopic (exact) mass is 801 g/mol. The zero-order valence-electron chi connectivity index (χ0n) is 35.0. The molecule has 0 radical (unpaired) electrons. The highest BCUT2D eigenvalue weighted by atomic mass is 15.1. The van der Waals surface area contributed by atoms with Crippen LogP contribution in [-0.2, 0) is 5.41 Å². The second kappa shape index (κ2) is 14.9. The molecular weight excluding hydrogens is 759 g/mol. The van der Waals surface area contributed by atoms with E-state index in [9.17, 15) is 0 Å². The van der Waals surface area contributed by atoms with E-state index in [0.717, 1.165) is 17.1 Å². The summed E-state index contributed by atoms with van der Waals surface area (Å²) >= 11 is 0. The average molecular weight is 802 g/mol. The largest absolute Gasteiger partial charge is 0.310 e. The number of para-hydroxylation sites is 1. The van der Waals surface area contributed by atoms with E-state index in [-0.39, 0.29) is 5.41 Å². The van der Waals surface area contributed by atoms with E-state index < -0.39 is 0 Å². The number of hydrogen-bond donors (Lipinski definition) is 0. The Morgan fingerprint density at radius 1 is 0.317 bits per heavy atom. The molecule has 0 aliphatic heterocycles. The number of fused-ring (bicyclic) bond motifs is 6. The second-order valence-electron chi connectivity index (χ2n) is 17.0. The van der Waals surface area contributed by atoms with Crippen molar-refractivity contribution in [3.05, 3.63) is 259 Å². The Morgan fingerprint density at radius 3 is 1.43 bits per heavy atom. The second-order valence-corrected chi connectivity index (χ2v) is 17.0. The zero-order valence-corrected chi connectivity index (χ0v) is 35.0. The molecule has 1 atom stereocenters. The normalized spacial score (nSPS) is 14.2. The van der Waals surface area contributed by atoms with Crippen LogP contribution in [0.2, 0.25) is 0 Å². The number of hydrogen-bond acceptors (Lipinski definition) is 1. The molecule has 296 valence electrons. The molecule has 11 aromatic rings. The minimum absolute atomic E-state index is 0.338. The van der Waals surface area contributed by atoms with Gasteiger partial charge in [0, 0.05) is 22.4 Å². The number of anilines is 3. The predicted octanol–water partition coefficient (Wildman–Crippen LogP) is 17.0. The first-order valence-electron chi connectivity index (χ1n) is 21.9. The van der Waals surface area contributed by atoms with Crippen LogP contribution in [0.5, 0.6) is 0 Å². The lowest BCUT2D eigenvalue weighted by Gasteiger charge is -2.30. The summed E-state index contributed by atoms with van der Waals surface area (Å²) in [7, 11) is 0. The molecule has 0 spiro atoms. The molecule has 12 rings (SSSR count). The number of rotatable bonds is 7. The molecule has 0 aromatic heterocycles. The van der Waals surface area contributed by atoms with Crippen LogP contribution in [0.3, 0.4) is 0 Å². The third kappa shape index (κ3) is 6.00. The summed E-state index contributed by atoms with van der Waals surface area (Å²) in [5.41, 5.74) is 16.8. The van der Waals surface area contributed by atoms with E-state index in [1.807, 2.05) is 0 Å². The van der Waals surface area contributed by atoms with Crippen molar-refractivity contribution in [2.75, 3.05) is 4.90 Å². The Labute approximate surface area is 368 Å². The summed E-state index contributed by atoms with van der Waals surface area (Å²) in [6.07, 6.45) is 0. The van der Waals surface area contributed by atoms with Crippen molar-refractivity contribution in [1.29, 1.82) is 0 Å². The molecule has 0 bridgehead atoms. The Kier molecular flexibility index (Phi) is 8.69. The van der Waals surface area contributed by atoms with Crippen molar-refractivity contribution in [3.63, 3.8) is 0 Å². The molecule has 0 fully saturated rings.